The first kappa shape index (κ1) is 20.2. The summed E-state index contributed by atoms with van der Waals surface area (Å²) in [6.45, 7) is 9.64. The summed E-state index contributed by atoms with van der Waals surface area (Å²) in [5.74, 6) is 0.711. The number of carbonyl (C=O) groups is 2. The number of nitrogens with two attached hydrogens (primary N) is 1. The van der Waals surface area contributed by atoms with Gasteiger partial charge < -0.3 is 10.6 Å². The third kappa shape index (κ3) is 3.41. The van der Waals surface area contributed by atoms with Crippen molar-refractivity contribution >= 4 is 34.5 Å². The molecule has 2 N–H and O–H groups in total. The summed E-state index contributed by atoms with van der Waals surface area (Å²) in [7, 11) is 0. The van der Waals surface area contributed by atoms with Crippen LogP contribution >= 0.6 is 11.8 Å². The highest BCUT2D eigenvalue weighted by Crippen LogP contribution is 2.62. The van der Waals surface area contributed by atoms with Crippen molar-refractivity contribution in [3.8, 4) is 0 Å². The molecule has 1 saturated heterocycles. The predicted octanol–water partition coefficient (Wildman–Crippen LogP) is 3.69. The summed E-state index contributed by atoms with van der Waals surface area (Å²) in [6.07, 6.45) is 1.22. The minimum Gasteiger partial charge on any atom is -0.369 e. The fourth-order valence-electron chi connectivity index (χ4n) is 5.37. The van der Waals surface area contributed by atoms with Crippen LogP contribution in [-0.2, 0) is 9.59 Å². The molecule has 2 amide bonds. The van der Waals surface area contributed by atoms with Crippen molar-refractivity contribution in [1.29, 1.82) is 0 Å². The van der Waals surface area contributed by atoms with E-state index in [2.05, 4.69) is 52.0 Å². The maximum absolute atomic E-state index is 12.8. The van der Waals surface area contributed by atoms with Crippen LogP contribution in [0.3, 0.4) is 0 Å². The molecule has 2 atom stereocenters. The number of aromatic nitrogens is 1. The first-order chi connectivity index (χ1) is 13.6. The van der Waals surface area contributed by atoms with Gasteiger partial charge in [-0.05, 0) is 55.4 Å². The highest BCUT2D eigenvalue weighted by atomic mass is 32.2. The lowest BCUT2D eigenvalue weighted by molar-refractivity contribution is -0.148. The van der Waals surface area contributed by atoms with Gasteiger partial charge in [-0.25, -0.2) is 4.98 Å². The van der Waals surface area contributed by atoms with Gasteiger partial charge in [-0.1, -0.05) is 25.5 Å². The van der Waals surface area contributed by atoms with E-state index in [-0.39, 0.29) is 23.1 Å². The number of likely N-dealkylation sites (tertiary alicyclic amines) is 1. The van der Waals surface area contributed by atoms with Gasteiger partial charge in [0.1, 0.15) is 0 Å². The van der Waals surface area contributed by atoms with E-state index in [0.29, 0.717) is 25.3 Å². The van der Waals surface area contributed by atoms with E-state index in [1.54, 1.807) is 11.8 Å². The number of primary amides is 1. The first-order valence-corrected chi connectivity index (χ1v) is 11.2. The van der Waals surface area contributed by atoms with E-state index in [0.717, 1.165) is 17.0 Å². The van der Waals surface area contributed by atoms with Gasteiger partial charge in [0.25, 0.3) is 0 Å². The number of carbonyl (C=O) groups excluding carboxylic acids is 2. The van der Waals surface area contributed by atoms with Gasteiger partial charge in [-0.3, -0.25) is 9.59 Å². The van der Waals surface area contributed by atoms with Crippen LogP contribution in [0.2, 0.25) is 0 Å². The third-order valence-corrected chi connectivity index (χ3v) is 7.73. The van der Waals surface area contributed by atoms with E-state index >= 15 is 0 Å². The zero-order valence-corrected chi connectivity index (χ0v) is 18.4. The van der Waals surface area contributed by atoms with Crippen LogP contribution in [0.5, 0.6) is 0 Å². The summed E-state index contributed by atoms with van der Waals surface area (Å²) in [6, 6.07) is 8.38. The molecule has 1 saturated carbocycles. The molecule has 1 aromatic heterocycles. The van der Waals surface area contributed by atoms with Gasteiger partial charge in [0.05, 0.1) is 16.0 Å². The molecular weight excluding hydrogens is 382 g/mol. The van der Waals surface area contributed by atoms with Crippen molar-refractivity contribution < 1.29 is 9.59 Å². The van der Waals surface area contributed by atoms with Crippen molar-refractivity contribution in [3.63, 3.8) is 0 Å². The molecule has 0 bridgehead atoms. The molecule has 2 heterocycles. The van der Waals surface area contributed by atoms with Crippen LogP contribution in [0.25, 0.3) is 10.9 Å². The first-order valence-electron chi connectivity index (χ1n) is 10.2. The van der Waals surface area contributed by atoms with Gasteiger partial charge in [-0.2, -0.15) is 0 Å². The largest absolute Gasteiger partial charge is 0.369 e. The maximum atomic E-state index is 12.8. The van der Waals surface area contributed by atoms with E-state index < -0.39 is 5.41 Å². The molecule has 5 nitrogen and oxygen atoms in total. The Morgan fingerprint density at radius 2 is 2.03 bits per heavy atom. The van der Waals surface area contributed by atoms with Gasteiger partial charge in [0.2, 0.25) is 11.8 Å². The highest BCUT2D eigenvalue weighted by Gasteiger charge is 2.66. The molecule has 0 spiro atoms. The number of pyridine rings is 1. The van der Waals surface area contributed by atoms with Crippen molar-refractivity contribution in [2.24, 2.45) is 22.5 Å². The predicted molar refractivity (Wildman–Crippen MR) is 117 cm³/mol. The molecule has 29 heavy (non-hydrogen) atoms. The maximum Gasteiger partial charge on any atom is 0.225 e. The third-order valence-electron chi connectivity index (χ3n) is 6.81. The van der Waals surface area contributed by atoms with E-state index in [1.807, 2.05) is 4.90 Å². The average molecular weight is 412 g/mol. The van der Waals surface area contributed by atoms with Gasteiger partial charge in [-0.15, -0.1) is 11.8 Å². The topological polar surface area (TPSA) is 76.3 Å². The van der Waals surface area contributed by atoms with E-state index in [4.69, 9.17) is 10.7 Å². The molecule has 0 unspecified atom stereocenters. The minimum atomic E-state index is -0.512. The van der Waals surface area contributed by atoms with Crippen LogP contribution in [0.15, 0.2) is 29.3 Å². The second-order valence-electron chi connectivity index (χ2n) is 9.41. The molecular formula is C23H29N3O2S. The van der Waals surface area contributed by atoms with Crippen LogP contribution in [-0.4, -0.2) is 40.5 Å². The zero-order valence-electron chi connectivity index (χ0n) is 17.6. The number of benzene rings is 1. The van der Waals surface area contributed by atoms with Crippen molar-refractivity contribution in [1.82, 2.24) is 9.88 Å². The van der Waals surface area contributed by atoms with Crippen molar-refractivity contribution in [2.45, 2.75) is 45.6 Å². The Labute approximate surface area is 176 Å². The van der Waals surface area contributed by atoms with E-state index in [1.165, 1.54) is 16.5 Å². The van der Waals surface area contributed by atoms with E-state index in [9.17, 15) is 9.59 Å². The molecule has 1 aromatic carbocycles. The summed E-state index contributed by atoms with van der Waals surface area (Å²) in [4.78, 5) is 31.4. The number of amides is 2. The number of nitrogens with zero attached hydrogens (tertiary/aromatic N) is 2. The summed E-state index contributed by atoms with van der Waals surface area (Å²) in [5.41, 5.74) is 8.70. The molecule has 1 aliphatic carbocycles. The SMILES string of the molecule is Cc1ccc2nc(SCCC(=O)N3C[C@@H]4C(C)(C)C[C@]4(C(N)=O)C3)cc(C)c2c1. The fourth-order valence-corrected chi connectivity index (χ4v) is 6.28. The second-order valence-corrected chi connectivity index (χ2v) is 10.5. The second kappa shape index (κ2) is 7.01. The van der Waals surface area contributed by atoms with Gasteiger partial charge in [0, 0.05) is 30.6 Å². The van der Waals surface area contributed by atoms with Crippen LogP contribution in [0, 0.1) is 30.6 Å². The van der Waals surface area contributed by atoms with Crippen molar-refractivity contribution in [3.05, 3.63) is 35.4 Å². The summed E-state index contributed by atoms with van der Waals surface area (Å²) in [5, 5.41) is 2.13. The Bertz CT molecular complexity index is 1000. The minimum absolute atomic E-state index is 0.0731. The Kier molecular flexibility index (Phi) is 4.88. The lowest BCUT2D eigenvalue weighted by Gasteiger charge is -2.54. The molecule has 2 fully saturated rings. The Morgan fingerprint density at radius 1 is 1.28 bits per heavy atom. The number of hydrogen-bond acceptors (Lipinski definition) is 4. The number of rotatable bonds is 5. The lowest BCUT2D eigenvalue weighted by atomic mass is 9.48. The molecule has 4 rings (SSSR count). The molecule has 6 heteroatoms. The van der Waals surface area contributed by atoms with Gasteiger partial charge in [0.15, 0.2) is 0 Å². The Hall–Kier alpha value is -2.08. The number of aryl methyl sites for hydroxylation is 2. The zero-order chi connectivity index (χ0) is 21.0. The smallest absolute Gasteiger partial charge is 0.225 e. The number of fused-ring (bicyclic) bond motifs is 2. The standard InChI is InChI=1S/C23H29N3O2S/c1-14-5-6-17-16(9-14)15(2)10-19(25-17)29-8-7-20(27)26-11-18-22(3,4)12-23(18,13-26)21(24)28/h5-6,9-10,18H,7-8,11-13H2,1-4H3,(H2,24,28)/t18-,23+/m1/s1. The summed E-state index contributed by atoms with van der Waals surface area (Å²) < 4.78 is 0. The monoisotopic (exact) mass is 411 g/mol. The molecule has 2 aromatic rings. The highest BCUT2D eigenvalue weighted by molar-refractivity contribution is 7.99. The normalized spacial score (nSPS) is 25.0. The number of thioether (sulfide) groups is 1. The van der Waals surface area contributed by atoms with Crippen LogP contribution < -0.4 is 5.73 Å². The van der Waals surface area contributed by atoms with Crippen LogP contribution in [0.1, 0.15) is 37.8 Å². The average Bonchev–Trinajstić information content (AvgIpc) is 2.99. The molecule has 2 aliphatic rings. The van der Waals surface area contributed by atoms with Crippen LogP contribution in [0.4, 0.5) is 0 Å². The number of hydrogen-bond donors (Lipinski definition) is 1. The Morgan fingerprint density at radius 3 is 2.69 bits per heavy atom. The van der Waals surface area contributed by atoms with Crippen molar-refractivity contribution in [2.75, 3.05) is 18.8 Å². The Balaban J connectivity index is 1.38. The quantitative estimate of drug-likeness (QED) is 0.761. The van der Waals surface area contributed by atoms with Gasteiger partial charge >= 0.3 is 0 Å². The summed E-state index contributed by atoms with van der Waals surface area (Å²) >= 11 is 1.61. The molecule has 1 aliphatic heterocycles. The lowest BCUT2D eigenvalue weighted by Crippen LogP contribution is -2.59. The molecule has 0 radical (unpaired) electrons. The fraction of sp³-hybridized carbons (Fsp3) is 0.522. The molecule has 154 valence electrons.